The van der Waals surface area contributed by atoms with E-state index in [1.54, 1.807) is 12.4 Å². The summed E-state index contributed by atoms with van der Waals surface area (Å²) in [4.78, 5) is 38.4. The monoisotopic (exact) mass is 2320 g/mol. The molecule has 0 fully saturated rings. The third-order valence-electron chi connectivity index (χ3n) is 21.1. The molecule has 0 saturated carbocycles. The van der Waals surface area contributed by atoms with Crippen LogP contribution in [0.15, 0.2) is 378 Å². The van der Waals surface area contributed by atoms with Crippen molar-refractivity contribution in [1.82, 2.24) is 76.4 Å². The van der Waals surface area contributed by atoms with Crippen LogP contribution in [0.5, 0.6) is 0 Å². The fourth-order valence-corrected chi connectivity index (χ4v) is 14.9. The molecule has 13 aromatic carbocycles. The molecule has 0 atom stereocenters. The minimum absolute atomic E-state index is 0. The van der Waals surface area contributed by atoms with Crippen molar-refractivity contribution in [1.29, 1.82) is 0 Å². The number of para-hydroxylation sites is 5. The smallest absolute Gasteiger partial charge is 0.206 e. The zero-order chi connectivity index (χ0) is 81.4. The molecule has 0 bridgehead atoms. The first-order valence-electron chi connectivity index (χ1n) is 39.7. The first-order valence-corrected chi connectivity index (χ1v) is 39.7. The van der Waals surface area contributed by atoms with Crippen LogP contribution in [0.1, 0.15) is 33.9 Å². The van der Waals surface area contributed by atoms with Crippen LogP contribution in [0.2, 0.25) is 0 Å². The summed E-state index contributed by atoms with van der Waals surface area (Å²) in [5, 5.41) is 0. The summed E-state index contributed by atoms with van der Waals surface area (Å²) in [5.41, 5.74) is 31.9. The Balaban J connectivity index is 0.000000134. The van der Waals surface area contributed by atoms with Gasteiger partial charge in [-0.1, -0.05) is 194 Å². The fraction of sp³-hybridized carbons (Fsp3) is 0.0577. The van der Waals surface area contributed by atoms with Gasteiger partial charge in [-0.2, -0.15) is 119 Å². The molecule has 0 unspecified atom stereocenters. The molecule has 20 heteroatoms. The van der Waals surface area contributed by atoms with Crippen LogP contribution < -0.4 is 0 Å². The van der Waals surface area contributed by atoms with E-state index in [2.05, 4.69) is 252 Å². The van der Waals surface area contributed by atoms with E-state index in [1.165, 1.54) is 38.9 Å². The molecule has 8 heterocycles. The number of aromatic nitrogens is 16. The van der Waals surface area contributed by atoms with Gasteiger partial charge in [-0.3, -0.25) is 0 Å². The molecule has 21 rings (SSSR count). The molecular weight excluding hydrogens is 2240 g/mol. The molecule has 16 nitrogen and oxygen atoms in total. The van der Waals surface area contributed by atoms with Gasteiger partial charge in [0.1, 0.15) is 28.4 Å². The number of nitrogens with zero attached hydrogens (tertiary/aromatic N) is 16. The maximum absolute atomic E-state index is 4.97. The van der Waals surface area contributed by atoms with Crippen molar-refractivity contribution in [2.75, 3.05) is 0 Å². The number of hydrogen-bond donors (Lipinski definition) is 0. The van der Waals surface area contributed by atoms with E-state index in [9.17, 15) is 0 Å². The number of benzene rings is 13. The predicted molar refractivity (Wildman–Crippen MR) is 481 cm³/mol. The summed E-state index contributed by atoms with van der Waals surface area (Å²) >= 11 is 0. The van der Waals surface area contributed by atoms with Gasteiger partial charge < -0.3 is 0 Å². The van der Waals surface area contributed by atoms with Crippen molar-refractivity contribution < 1.29 is 80.4 Å². The zero-order valence-electron chi connectivity index (χ0n) is 68.3. The third-order valence-corrected chi connectivity index (χ3v) is 21.1. The molecule has 0 saturated heterocycles. The van der Waals surface area contributed by atoms with Crippen molar-refractivity contribution in [2.45, 2.75) is 41.5 Å². The normalized spacial score (nSPS) is 10.7. The minimum Gasteiger partial charge on any atom is -0.206 e. The third kappa shape index (κ3) is 18.5. The summed E-state index contributed by atoms with van der Waals surface area (Å²) < 4.78 is 16.5. The molecule has 0 aliphatic rings. The topological polar surface area (TPSA) is 143 Å². The largest absolute Gasteiger partial charge is 0.282 e. The van der Waals surface area contributed by atoms with E-state index in [0.29, 0.717) is 0 Å². The maximum Gasteiger partial charge on any atom is 0.282 e. The van der Waals surface area contributed by atoms with Crippen molar-refractivity contribution in [3.63, 3.8) is 0 Å². The van der Waals surface area contributed by atoms with Crippen LogP contribution in [0, 0.1) is 65.8 Å². The fourth-order valence-electron chi connectivity index (χ4n) is 14.9. The van der Waals surface area contributed by atoms with E-state index in [4.69, 9.17) is 29.9 Å². The summed E-state index contributed by atoms with van der Waals surface area (Å²) in [7, 11) is 0. The van der Waals surface area contributed by atoms with Crippen LogP contribution in [0.4, 0.5) is 0 Å². The van der Waals surface area contributed by atoms with Gasteiger partial charge in [-0.25, -0.2) is 18.3 Å². The molecule has 0 spiro atoms. The number of fused-ring (bicyclic) bond motifs is 4. The first kappa shape index (κ1) is 87.0. The Hall–Kier alpha value is -13.3. The van der Waals surface area contributed by atoms with Gasteiger partial charge in [0.15, 0.2) is 25.3 Å². The molecule has 612 valence electrons. The molecular formula is C104H80Ir4N16. The SMILES string of the molecule is Cc1cccc(C)c1-c1cc[c-]c(-n2[cH+]n(-c3ccccc3)c3nccnc32)c1.Cc1nc2c(nc1C)n(-c1cc(-c3ccccc3)cc(-c3ccccc3)c1)[cH+]n2-c1[c-]cccc1.Cc1nc2c(nc1C)n(-c1ccccc1)[cH+]n2-c1[c-]ccc(-c2ccccc2)c1.[Ir].[Ir].[Ir].[Ir].[c-]1ccccc1-n1[cH+]n(-c2ccccc2)c2ncc(-c3ccccc3)nc21. The van der Waals surface area contributed by atoms with Gasteiger partial charge in [0.25, 0.3) is 45.2 Å². The Kier molecular flexibility index (Phi) is 27.8. The molecule has 0 N–H and O–H groups in total. The Morgan fingerprint density at radius 3 is 0.960 bits per heavy atom. The molecule has 124 heavy (non-hydrogen) atoms. The van der Waals surface area contributed by atoms with E-state index in [-0.39, 0.29) is 80.4 Å². The Morgan fingerprint density at radius 1 is 0.226 bits per heavy atom. The van der Waals surface area contributed by atoms with Gasteiger partial charge in [0, 0.05) is 121 Å². The van der Waals surface area contributed by atoms with E-state index in [0.717, 1.165) is 141 Å². The Bertz CT molecular complexity index is 7130. The van der Waals surface area contributed by atoms with Gasteiger partial charge >= 0.3 is 0 Å². The summed E-state index contributed by atoms with van der Waals surface area (Å²) in [6, 6.07) is 127. The van der Waals surface area contributed by atoms with Crippen LogP contribution in [-0.2, 0) is 80.4 Å². The number of imidazole rings is 4. The van der Waals surface area contributed by atoms with E-state index < -0.39 is 0 Å². The number of aryl methyl sites for hydroxylation is 6. The quantitative estimate of drug-likeness (QED) is 0.104. The van der Waals surface area contributed by atoms with Crippen molar-refractivity contribution in [2.24, 2.45) is 0 Å². The maximum atomic E-state index is 4.97. The van der Waals surface area contributed by atoms with Crippen molar-refractivity contribution in [3.8, 4) is 101 Å². The standard InChI is InChI=1S/C31H24N4.2C25H20N4.C23H16N4.4Ir/c1-22-23(2)33-31-30(32-22)34(28-16-10-5-11-17-28)21-35(31)29-19-26(24-12-6-3-7-13-24)18-27(20-29)25-14-8-4-9-15-25;1-18-19(2)27-25-24(26-18)28(22-13-7-4-8-14-22)17-29(25)23-15-9-12-21(16-23)20-10-5-3-6-11-20;1-18-8-6-9-19(2)23(18)20-10-7-13-22(16-20)29-17-28(21-11-4-3-5-12-21)24-25(29)27-15-14-26-24;1-4-10-18(11-5-1)21-16-24-22-23(25-21)27(20-14-8-3-9-15-20)17-26(22)19-12-6-2-7-13-19;;;;/h3-16,18-21H,1-2H3;3-14,16-17H,1-2H3;3-12,14-17H,1-2H3;1-14,16-17H;;;;. The summed E-state index contributed by atoms with van der Waals surface area (Å²) in [6.45, 7) is 12.3. The van der Waals surface area contributed by atoms with E-state index >= 15 is 0 Å². The number of hydrogen-bond acceptors (Lipinski definition) is 8. The van der Waals surface area contributed by atoms with E-state index in [1.807, 2.05) is 226 Å². The zero-order valence-corrected chi connectivity index (χ0v) is 77.9. The molecule has 4 radical (unpaired) electrons. The van der Waals surface area contributed by atoms with Crippen LogP contribution in [0.3, 0.4) is 0 Å². The van der Waals surface area contributed by atoms with Crippen molar-refractivity contribution >= 4 is 45.2 Å². The first-order chi connectivity index (χ1) is 59.0. The molecule has 0 amide bonds. The second kappa shape index (κ2) is 39.7. The van der Waals surface area contributed by atoms with Crippen LogP contribution in [-0.4, -0.2) is 76.4 Å². The molecule has 21 aromatic rings. The summed E-state index contributed by atoms with van der Waals surface area (Å²) in [5.74, 6) is 0. The van der Waals surface area contributed by atoms with Gasteiger partial charge in [0.2, 0.25) is 0 Å². The molecule has 0 aliphatic carbocycles. The minimum atomic E-state index is 0. The van der Waals surface area contributed by atoms with Crippen molar-refractivity contribution in [3.05, 3.63) is 436 Å². The van der Waals surface area contributed by atoms with Gasteiger partial charge in [-0.05, 0) is 129 Å². The summed E-state index contributed by atoms with van der Waals surface area (Å²) in [6.07, 6.45) is 13.4. The van der Waals surface area contributed by atoms with Gasteiger partial charge in [0.05, 0.1) is 41.4 Å². The molecule has 8 aromatic heterocycles. The van der Waals surface area contributed by atoms with Crippen LogP contribution >= 0.6 is 0 Å². The van der Waals surface area contributed by atoms with Crippen LogP contribution in [0.25, 0.3) is 146 Å². The second-order valence-electron chi connectivity index (χ2n) is 29.0. The Labute approximate surface area is 773 Å². The average Bonchev–Trinajstić information content (AvgIpc) is 1.61. The predicted octanol–water partition coefficient (Wildman–Crippen LogP) is 23.3. The number of rotatable bonds is 13. The molecule has 0 aliphatic heterocycles. The average molecular weight is 2320 g/mol. The second-order valence-corrected chi connectivity index (χ2v) is 29.0. The van der Waals surface area contributed by atoms with Gasteiger partial charge in [-0.15, -0.1) is 59.7 Å². The Morgan fingerprint density at radius 2 is 0.540 bits per heavy atom.